The number of nitrogens with one attached hydrogen (secondary N) is 2. The standard InChI is InChI=1S/C18H19ClN2O2/c19-12-4-7-17(22)21-16-10-8-15(9-11-16)18(23)20-13-14-5-2-1-3-6-14/h1-3,5-6,8-11H,4,7,12-13H2,(H,20,23)(H,21,22). The van der Waals surface area contributed by atoms with E-state index in [1.165, 1.54) is 0 Å². The molecular formula is C18H19ClN2O2. The summed E-state index contributed by atoms with van der Waals surface area (Å²) in [6.45, 7) is 0.483. The Morgan fingerprint density at radius 1 is 0.957 bits per heavy atom. The van der Waals surface area contributed by atoms with Crippen molar-refractivity contribution in [3.05, 3.63) is 65.7 Å². The highest BCUT2D eigenvalue weighted by Crippen LogP contribution is 2.11. The lowest BCUT2D eigenvalue weighted by atomic mass is 10.1. The fraction of sp³-hybridized carbons (Fsp3) is 0.222. The highest BCUT2D eigenvalue weighted by Gasteiger charge is 2.06. The van der Waals surface area contributed by atoms with Gasteiger partial charge in [0.15, 0.2) is 0 Å². The predicted molar refractivity (Wildman–Crippen MR) is 92.6 cm³/mol. The van der Waals surface area contributed by atoms with Gasteiger partial charge in [0.1, 0.15) is 0 Å². The fourth-order valence-electron chi connectivity index (χ4n) is 2.04. The summed E-state index contributed by atoms with van der Waals surface area (Å²) in [6, 6.07) is 16.5. The SMILES string of the molecule is O=C(CCCCl)Nc1ccc(C(=O)NCc2ccccc2)cc1. The van der Waals surface area contributed by atoms with Gasteiger partial charge in [-0.1, -0.05) is 30.3 Å². The van der Waals surface area contributed by atoms with E-state index in [4.69, 9.17) is 11.6 Å². The molecule has 0 aliphatic carbocycles. The Balaban J connectivity index is 1.86. The van der Waals surface area contributed by atoms with Crippen LogP contribution in [0.3, 0.4) is 0 Å². The zero-order valence-corrected chi connectivity index (χ0v) is 13.5. The second-order valence-corrected chi connectivity index (χ2v) is 5.46. The minimum atomic E-state index is -0.145. The van der Waals surface area contributed by atoms with Crippen LogP contribution in [0.5, 0.6) is 0 Å². The first kappa shape index (κ1) is 17.0. The molecule has 120 valence electrons. The van der Waals surface area contributed by atoms with Gasteiger partial charge in [0.05, 0.1) is 0 Å². The van der Waals surface area contributed by atoms with Gasteiger partial charge in [0, 0.05) is 30.1 Å². The maximum atomic E-state index is 12.1. The number of hydrogen-bond acceptors (Lipinski definition) is 2. The number of amides is 2. The van der Waals surface area contributed by atoms with Crippen LogP contribution in [-0.4, -0.2) is 17.7 Å². The highest BCUT2D eigenvalue weighted by atomic mass is 35.5. The maximum Gasteiger partial charge on any atom is 0.251 e. The highest BCUT2D eigenvalue weighted by molar-refractivity contribution is 6.18. The largest absolute Gasteiger partial charge is 0.348 e. The van der Waals surface area contributed by atoms with Crippen LogP contribution in [0.15, 0.2) is 54.6 Å². The zero-order valence-electron chi connectivity index (χ0n) is 12.7. The van der Waals surface area contributed by atoms with Crippen LogP contribution in [0.2, 0.25) is 0 Å². The van der Waals surface area contributed by atoms with E-state index in [0.717, 1.165) is 5.56 Å². The third kappa shape index (κ3) is 5.75. The Bertz CT molecular complexity index is 642. The number of carbonyl (C=O) groups excluding carboxylic acids is 2. The molecule has 23 heavy (non-hydrogen) atoms. The van der Waals surface area contributed by atoms with Crippen LogP contribution in [0.1, 0.15) is 28.8 Å². The lowest BCUT2D eigenvalue weighted by Gasteiger charge is -2.07. The lowest BCUT2D eigenvalue weighted by Crippen LogP contribution is -2.22. The van der Waals surface area contributed by atoms with Gasteiger partial charge in [-0.05, 0) is 36.2 Å². The number of hydrogen-bond donors (Lipinski definition) is 2. The molecule has 5 heteroatoms. The van der Waals surface area contributed by atoms with Crippen molar-refractivity contribution in [3.63, 3.8) is 0 Å². The van der Waals surface area contributed by atoms with Crippen molar-refractivity contribution < 1.29 is 9.59 Å². The van der Waals surface area contributed by atoms with Gasteiger partial charge < -0.3 is 10.6 Å². The minimum Gasteiger partial charge on any atom is -0.348 e. The molecule has 2 N–H and O–H groups in total. The Morgan fingerprint density at radius 3 is 2.30 bits per heavy atom. The molecule has 4 nitrogen and oxygen atoms in total. The van der Waals surface area contributed by atoms with Crippen molar-refractivity contribution >= 4 is 29.1 Å². The van der Waals surface area contributed by atoms with E-state index in [-0.39, 0.29) is 11.8 Å². The average molecular weight is 331 g/mol. The summed E-state index contributed by atoms with van der Waals surface area (Å²) in [7, 11) is 0. The van der Waals surface area contributed by atoms with Gasteiger partial charge >= 0.3 is 0 Å². The number of anilines is 1. The molecule has 0 spiro atoms. The molecule has 0 saturated carbocycles. The molecule has 0 fully saturated rings. The molecule has 0 aliphatic rings. The van der Waals surface area contributed by atoms with Crippen molar-refractivity contribution in [2.24, 2.45) is 0 Å². The van der Waals surface area contributed by atoms with E-state index in [9.17, 15) is 9.59 Å². The van der Waals surface area contributed by atoms with E-state index in [1.807, 2.05) is 30.3 Å². The molecular weight excluding hydrogens is 312 g/mol. The average Bonchev–Trinajstić information content (AvgIpc) is 2.59. The predicted octanol–water partition coefficient (Wildman–Crippen LogP) is 3.57. The molecule has 0 bridgehead atoms. The van der Waals surface area contributed by atoms with Crippen LogP contribution in [0.25, 0.3) is 0 Å². The summed E-state index contributed by atoms with van der Waals surface area (Å²) in [4.78, 5) is 23.7. The summed E-state index contributed by atoms with van der Waals surface area (Å²) < 4.78 is 0. The maximum absolute atomic E-state index is 12.1. The first-order valence-corrected chi connectivity index (χ1v) is 8.00. The molecule has 2 amide bonds. The Kier molecular flexibility index (Phi) is 6.63. The van der Waals surface area contributed by atoms with Crippen LogP contribution in [0.4, 0.5) is 5.69 Å². The topological polar surface area (TPSA) is 58.2 Å². The van der Waals surface area contributed by atoms with Crippen LogP contribution in [-0.2, 0) is 11.3 Å². The van der Waals surface area contributed by atoms with E-state index >= 15 is 0 Å². The van der Waals surface area contributed by atoms with Gasteiger partial charge in [-0.15, -0.1) is 11.6 Å². The first-order chi connectivity index (χ1) is 11.2. The Hall–Kier alpha value is -2.33. The lowest BCUT2D eigenvalue weighted by molar-refractivity contribution is -0.116. The van der Waals surface area contributed by atoms with Crippen molar-refractivity contribution in [2.75, 3.05) is 11.2 Å². The zero-order chi connectivity index (χ0) is 16.5. The number of alkyl halides is 1. The fourth-order valence-corrected chi connectivity index (χ4v) is 2.17. The number of rotatable bonds is 7. The van der Waals surface area contributed by atoms with Crippen LogP contribution in [0, 0.1) is 0 Å². The minimum absolute atomic E-state index is 0.0769. The van der Waals surface area contributed by atoms with Gasteiger partial charge in [-0.25, -0.2) is 0 Å². The number of halogens is 1. The Labute approximate surface area is 140 Å². The normalized spacial score (nSPS) is 10.1. The monoisotopic (exact) mass is 330 g/mol. The number of carbonyl (C=O) groups is 2. The number of benzene rings is 2. The molecule has 0 unspecified atom stereocenters. The van der Waals surface area contributed by atoms with Crippen molar-refractivity contribution in [1.29, 1.82) is 0 Å². The molecule has 2 rings (SSSR count). The molecule has 0 radical (unpaired) electrons. The molecule has 0 aromatic heterocycles. The van der Waals surface area contributed by atoms with Crippen molar-refractivity contribution in [2.45, 2.75) is 19.4 Å². The van der Waals surface area contributed by atoms with E-state index in [2.05, 4.69) is 10.6 Å². The molecule has 0 heterocycles. The molecule has 2 aromatic rings. The van der Waals surface area contributed by atoms with Gasteiger partial charge in [0.2, 0.25) is 5.91 Å². The third-order valence-electron chi connectivity index (χ3n) is 3.26. The van der Waals surface area contributed by atoms with Crippen molar-refractivity contribution in [3.8, 4) is 0 Å². The third-order valence-corrected chi connectivity index (χ3v) is 3.53. The summed E-state index contributed by atoms with van der Waals surface area (Å²) in [5.74, 6) is 0.245. The molecule has 2 aromatic carbocycles. The van der Waals surface area contributed by atoms with E-state index in [1.54, 1.807) is 24.3 Å². The van der Waals surface area contributed by atoms with E-state index < -0.39 is 0 Å². The smallest absolute Gasteiger partial charge is 0.251 e. The summed E-state index contributed by atoms with van der Waals surface area (Å²) in [5.41, 5.74) is 2.27. The van der Waals surface area contributed by atoms with Crippen LogP contribution < -0.4 is 10.6 Å². The van der Waals surface area contributed by atoms with E-state index in [0.29, 0.717) is 36.5 Å². The molecule has 0 atom stereocenters. The van der Waals surface area contributed by atoms with Gasteiger partial charge in [-0.2, -0.15) is 0 Å². The summed E-state index contributed by atoms with van der Waals surface area (Å²) in [6.07, 6.45) is 1.04. The molecule has 0 saturated heterocycles. The molecule has 0 aliphatic heterocycles. The quantitative estimate of drug-likeness (QED) is 0.762. The first-order valence-electron chi connectivity index (χ1n) is 7.47. The van der Waals surface area contributed by atoms with Gasteiger partial charge in [0.25, 0.3) is 5.91 Å². The summed E-state index contributed by atoms with van der Waals surface area (Å²) in [5, 5.41) is 5.63. The Morgan fingerprint density at radius 2 is 1.65 bits per heavy atom. The second kappa shape index (κ2) is 8.96. The van der Waals surface area contributed by atoms with Crippen LogP contribution >= 0.6 is 11.6 Å². The second-order valence-electron chi connectivity index (χ2n) is 5.09. The summed E-state index contributed by atoms with van der Waals surface area (Å²) >= 11 is 5.55. The van der Waals surface area contributed by atoms with Gasteiger partial charge in [-0.3, -0.25) is 9.59 Å². The van der Waals surface area contributed by atoms with Crippen molar-refractivity contribution in [1.82, 2.24) is 5.32 Å².